The molecule has 0 unspecified atom stereocenters. The molecular weight excluding hydrogens is 447 g/mol. The van der Waals surface area contributed by atoms with Crippen LogP contribution < -0.4 is 0 Å². The van der Waals surface area contributed by atoms with Crippen LogP contribution in [0.25, 0.3) is 0 Å². The van der Waals surface area contributed by atoms with Gasteiger partial charge in [-0.05, 0) is 69.4 Å². The second-order valence-corrected chi connectivity index (χ2v) is 10.5. The minimum absolute atomic E-state index is 0.00187. The molecule has 0 atom stereocenters. The van der Waals surface area contributed by atoms with Crippen LogP contribution in [0.15, 0.2) is 24.3 Å². The van der Waals surface area contributed by atoms with E-state index in [1.165, 1.54) is 0 Å². The van der Waals surface area contributed by atoms with E-state index in [0.717, 1.165) is 16.0 Å². The summed E-state index contributed by atoms with van der Waals surface area (Å²) in [5.74, 6) is -1.78. The Labute approximate surface area is 198 Å². The van der Waals surface area contributed by atoms with E-state index in [1.54, 1.807) is 25.7 Å². The predicted octanol–water partition coefficient (Wildman–Crippen LogP) is 4.87. The highest BCUT2D eigenvalue weighted by Gasteiger charge is 2.50. The van der Waals surface area contributed by atoms with Crippen molar-refractivity contribution in [3.63, 3.8) is 0 Å². The number of hydrogen-bond donors (Lipinski definition) is 0. The number of nitriles is 1. The van der Waals surface area contributed by atoms with Gasteiger partial charge in [-0.1, -0.05) is 24.3 Å². The van der Waals surface area contributed by atoms with Crippen molar-refractivity contribution >= 4 is 12.0 Å². The molecule has 34 heavy (non-hydrogen) atoms. The lowest BCUT2D eigenvalue weighted by Crippen LogP contribution is -2.53. The topological polar surface area (TPSA) is 73.6 Å². The van der Waals surface area contributed by atoms with Gasteiger partial charge in [-0.15, -0.1) is 0 Å². The summed E-state index contributed by atoms with van der Waals surface area (Å²) in [7, 11) is 0. The fourth-order valence-electron chi connectivity index (χ4n) is 4.46. The number of alkyl halides is 3. The highest BCUT2D eigenvalue weighted by Crippen LogP contribution is 2.41. The van der Waals surface area contributed by atoms with Gasteiger partial charge in [0.15, 0.2) is 0 Å². The van der Waals surface area contributed by atoms with Crippen molar-refractivity contribution in [2.75, 3.05) is 19.6 Å². The third-order valence-electron chi connectivity index (χ3n) is 6.36. The molecule has 1 aliphatic carbocycles. The number of nitrogens with zero attached hydrogens (tertiary/aromatic N) is 3. The normalized spacial score (nSPS) is 18.2. The average Bonchev–Trinajstić information content (AvgIpc) is 3.57. The van der Waals surface area contributed by atoms with Gasteiger partial charge in [0.2, 0.25) is 0 Å². The maximum absolute atomic E-state index is 13.3. The first kappa shape index (κ1) is 25.9. The van der Waals surface area contributed by atoms with Crippen LogP contribution in [0.1, 0.15) is 57.6 Å². The van der Waals surface area contributed by atoms with Crippen LogP contribution in [0.5, 0.6) is 0 Å². The van der Waals surface area contributed by atoms with Crippen molar-refractivity contribution in [2.24, 2.45) is 5.41 Å². The van der Waals surface area contributed by atoms with Gasteiger partial charge in [-0.3, -0.25) is 4.79 Å². The first-order chi connectivity index (χ1) is 15.8. The van der Waals surface area contributed by atoms with Gasteiger partial charge in [-0.25, -0.2) is 4.79 Å². The van der Waals surface area contributed by atoms with Crippen LogP contribution in [0.2, 0.25) is 0 Å². The third kappa shape index (κ3) is 6.87. The molecule has 1 aliphatic heterocycles. The summed E-state index contributed by atoms with van der Waals surface area (Å²) in [4.78, 5) is 27.4. The molecule has 2 fully saturated rings. The second-order valence-electron chi connectivity index (χ2n) is 10.5. The number of ether oxygens (including phenoxy) is 1. The van der Waals surface area contributed by atoms with E-state index in [2.05, 4.69) is 6.07 Å². The van der Waals surface area contributed by atoms with E-state index in [4.69, 9.17) is 10.00 Å². The first-order valence-corrected chi connectivity index (χ1v) is 11.6. The molecule has 0 spiro atoms. The molecule has 2 amide bonds. The van der Waals surface area contributed by atoms with Crippen LogP contribution in [0.4, 0.5) is 18.0 Å². The molecule has 0 radical (unpaired) electrons. The van der Waals surface area contributed by atoms with E-state index in [9.17, 15) is 22.8 Å². The fourth-order valence-corrected chi connectivity index (χ4v) is 4.46. The van der Waals surface area contributed by atoms with Crippen molar-refractivity contribution < 1.29 is 27.5 Å². The molecule has 1 aromatic rings. The largest absolute Gasteiger partial charge is 0.471 e. The summed E-state index contributed by atoms with van der Waals surface area (Å²) in [6.45, 7) is 6.04. The number of benzene rings is 1. The molecule has 1 heterocycles. The molecule has 0 bridgehead atoms. The minimum Gasteiger partial charge on any atom is -0.444 e. The number of piperidine rings is 1. The van der Waals surface area contributed by atoms with Crippen LogP contribution >= 0.6 is 0 Å². The molecule has 0 N–H and O–H groups in total. The van der Waals surface area contributed by atoms with Gasteiger partial charge >= 0.3 is 18.2 Å². The lowest BCUT2D eigenvalue weighted by molar-refractivity contribution is -0.188. The molecule has 0 aromatic heterocycles. The van der Waals surface area contributed by atoms with Crippen molar-refractivity contribution in [3.8, 4) is 6.07 Å². The van der Waals surface area contributed by atoms with Gasteiger partial charge in [0, 0.05) is 25.7 Å². The predicted molar refractivity (Wildman–Crippen MR) is 120 cm³/mol. The Morgan fingerprint density at radius 3 is 2.15 bits per heavy atom. The summed E-state index contributed by atoms with van der Waals surface area (Å²) >= 11 is 0. The average molecular weight is 480 g/mol. The Kier molecular flexibility index (Phi) is 7.49. The van der Waals surface area contributed by atoms with E-state index in [1.807, 2.05) is 24.3 Å². The third-order valence-corrected chi connectivity index (χ3v) is 6.36. The molecule has 186 valence electrons. The molecule has 6 nitrogen and oxygen atoms in total. The smallest absolute Gasteiger partial charge is 0.444 e. The first-order valence-electron chi connectivity index (χ1n) is 11.6. The summed E-state index contributed by atoms with van der Waals surface area (Å²) < 4.78 is 45.5. The summed E-state index contributed by atoms with van der Waals surface area (Å²) in [6.07, 6.45) is -2.52. The van der Waals surface area contributed by atoms with Crippen molar-refractivity contribution in [1.82, 2.24) is 9.80 Å². The number of rotatable bonds is 6. The molecule has 1 aromatic carbocycles. The number of hydrogen-bond acceptors (Lipinski definition) is 4. The SMILES string of the molecule is CC(C)(C)OC(=O)N1CCC(Cc2ccc(CC#N)cc2)(CN(C(=O)C(F)(F)F)C2CC2)CC1. The molecule has 1 saturated carbocycles. The number of halogens is 3. The van der Waals surface area contributed by atoms with Gasteiger partial charge in [0.1, 0.15) is 5.60 Å². The Morgan fingerprint density at radius 2 is 1.68 bits per heavy atom. The summed E-state index contributed by atoms with van der Waals surface area (Å²) in [5, 5.41) is 8.88. The number of likely N-dealkylation sites (tertiary alicyclic amines) is 1. The Bertz CT molecular complexity index is 920. The Morgan fingerprint density at radius 1 is 1.12 bits per heavy atom. The second kappa shape index (κ2) is 9.85. The minimum atomic E-state index is -4.92. The lowest BCUT2D eigenvalue weighted by Gasteiger charge is -2.45. The highest BCUT2D eigenvalue weighted by molar-refractivity contribution is 5.82. The van der Waals surface area contributed by atoms with Crippen LogP contribution in [0, 0.1) is 16.7 Å². The summed E-state index contributed by atoms with van der Waals surface area (Å²) in [5.41, 5.74) is 0.562. The maximum atomic E-state index is 13.3. The van der Waals surface area contributed by atoms with Gasteiger partial charge in [-0.2, -0.15) is 18.4 Å². The zero-order valence-corrected chi connectivity index (χ0v) is 20.0. The van der Waals surface area contributed by atoms with Gasteiger partial charge in [0.25, 0.3) is 0 Å². The number of carbonyl (C=O) groups is 2. The number of carbonyl (C=O) groups excluding carboxylic acids is 2. The number of amides is 2. The van der Waals surface area contributed by atoms with E-state index in [-0.39, 0.29) is 19.0 Å². The highest BCUT2D eigenvalue weighted by atomic mass is 19.4. The van der Waals surface area contributed by atoms with E-state index >= 15 is 0 Å². The Balaban J connectivity index is 1.81. The van der Waals surface area contributed by atoms with Crippen molar-refractivity contribution in [2.45, 2.75) is 77.1 Å². The zero-order chi connectivity index (χ0) is 25.1. The molecule has 1 saturated heterocycles. The molecule has 3 rings (SSSR count). The molecule has 2 aliphatic rings. The van der Waals surface area contributed by atoms with Crippen molar-refractivity contribution in [1.29, 1.82) is 5.26 Å². The quantitative estimate of drug-likeness (QED) is 0.584. The lowest BCUT2D eigenvalue weighted by atomic mass is 9.73. The molecular formula is C25H32F3N3O3. The van der Waals surface area contributed by atoms with Gasteiger partial charge in [0.05, 0.1) is 12.5 Å². The van der Waals surface area contributed by atoms with Crippen LogP contribution in [0.3, 0.4) is 0 Å². The van der Waals surface area contributed by atoms with Crippen LogP contribution in [-0.4, -0.2) is 59.3 Å². The Hall–Kier alpha value is -2.76. The monoisotopic (exact) mass is 479 g/mol. The van der Waals surface area contributed by atoms with Crippen molar-refractivity contribution in [3.05, 3.63) is 35.4 Å². The molecule has 9 heteroatoms. The standard InChI is InChI=1S/C25H32F3N3O3/c1-23(2,3)34-22(33)30-14-11-24(12-15-30,16-19-6-4-18(5-7-19)10-13-29)17-31(20-8-9-20)21(32)25(26,27)28/h4-7,20H,8-12,14-17H2,1-3H3. The zero-order valence-electron chi connectivity index (χ0n) is 20.0. The van der Waals surface area contributed by atoms with Crippen LogP contribution in [-0.2, 0) is 22.4 Å². The fraction of sp³-hybridized carbons (Fsp3) is 0.640. The van der Waals surface area contributed by atoms with E-state index < -0.39 is 29.2 Å². The summed E-state index contributed by atoms with van der Waals surface area (Å²) in [6, 6.07) is 9.19. The van der Waals surface area contributed by atoms with Gasteiger partial charge < -0.3 is 14.5 Å². The maximum Gasteiger partial charge on any atom is 0.471 e. The van der Waals surface area contributed by atoms with E-state index in [0.29, 0.717) is 45.2 Å².